The van der Waals surface area contributed by atoms with Crippen molar-refractivity contribution in [2.24, 2.45) is 0 Å². The van der Waals surface area contributed by atoms with Crippen LogP contribution in [0.1, 0.15) is 40.3 Å². The van der Waals surface area contributed by atoms with Crippen molar-refractivity contribution in [1.82, 2.24) is 9.88 Å². The van der Waals surface area contributed by atoms with Crippen molar-refractivity contribution in [3.05, 3.63) is 58.9 Å². The molecule has 4 nitrogen and oxygen atoms in total. The molecule has 0 radical (unpaired) electrons. The van der Waals surface area contributed by atoms with Gasteiger partial charge in [0.05, 0.1) is 17.3 Å². The minimum Gasteiger partial charge on any atom is -0.508 e. The van der Waals surface area contributed by atoms with Crippen molar-refractivity contribution in [3.8, 4) is 5.75 Å². The topological polar surface area (TPSA) is 53.4 Å². The third-order valence-corrected chi connectivity index (χ3v) is 3.74. The average Bonchev–Trinajstić information content (AvgIpc) is 2.45. The fourth-order valence-electron chi connectivity index (χ4n) is 2.33. The molecule has 1 atom stereocenters. The zero-order valence-corrected chi connectivity index (χ0v) is 12.8. The number of hydrogen-bond acceptors (Lipinski definition) is 3. The van der Waals surface area contributed by atoms with Crippen LogP contribution >= 0.6 is 0 Å². The Labute approximate surface area is 125 Å². The van der Waals surface area contributed by atoms with E-state index in [0.717, 1.165) is 17.0 Å². The molecule has 1 N–H and O–H groups in total. The Bertz CT molecular complexity index is 668. The fourth-order valence-corrected chi connectivity index (χ4v) is 2.33. The van der Waals surface area contributed by atoms with Crippen molar-refractivity contribution in [2.45, 2.75) is 26.8 Å². The third kappa shape index (κ3) is 3.05. The van der Waals surface area contributed by atoms with Crippen LogP contribution < -0.4 is 0 Å². The largest absolute Gasteiger partial charge is 0.508 e. The van der Waals surface area contributed by atoms with Crippen LogP contribution in [-0.4, -0.2) is 27.9 Å². The highest BCUT2D eigenvalue weighted by Gasteiger charge is 2.22. The van der Waals surface area contributed by atoms with E-state index >= 15 is 0 Å². The maximum Gasteiger partial charge on any atom is 0.255 e. The lowest BCUT2D eigenvalue weighted by molar-refractivity contribution is 0.0740. The van der Waals surface area contributed by atoms with Gasteiger partial charge in [-0.2, -0.15) is 0 Å². The fraction of sp³-hybridized carbons (Fsp3) is 0.294. The molecule has 0 bridgehead atoms. The lowest BCUT2D eigenvalue weighted by atomic mass is 10.0. The van der Waals surface area contributed by atoms with Crippen molar-refractivity contribution >= 4 is 5.91 Å². The summed E-state index contributed by atoms with van der Waals surface area (Å²) in [5.74, 6) is 0.0964. The second kappa shape index (κ2) is 5.95. The van der Waals surface area contributed by atoms with Gasteiger partial charge in [0.15, 0.2) is 0 Å². The molecular formula is C17H20N2O2. The van der Waals surface area contributed by atoms with E-state index in [1.807, 2.05) is 39.0 Å². The lowest BCUT2D eigenvalue weighted by Crippen LogP contribution is -2.30. The van der Waals surface area contributed by atoms with E-state index < -0.39 is 0 Å². The van der Waals surface area contributed by atoms with E-state index in [0.29, 0.717) is 5.56 Å². The van der Waals surface area contributed by atoms with E-state index in [1.165, 1.54) is 0 Å². The summed E-state index contributed by atoms with van der Waals surface area (Å²) in [6, 6.07) is 10.5. The number of benzene rings is 1. The number of rotatable bonds is 3. The Kier molecular flexibility index (Phi) is 4.26. The van der Waals surface area contributed by atoms with Gasteiger partial charge in [0.2, 0.25) is 0 Å². The van der Waals surface area contributed by atoms with Crippen LogP contribution in [-0.2, 0) is 0 Å². The summed E-state index contributed by atoms with van der Waals surface area (Å²) >= 11 is 0. The first-order chi connectivity index (χ1) is 9.91. The van der Waals surface area contributed by atoms with Gasteiger partial charge >= 0.3 is 0 Å². The zero-order valence-electron chi connectivity index (χ0n) is 12.8. The second-order valence-electron chi connectivity index (χ2n) is 5.24. The molecule has 0 aliphatic carbocycles. The Balaban J connectivity index is 2.29. The lowest BCUT2D eigenvalue weighted by Gasteiger charge is -2.26. The number of para-hydroxylation sites is 1. The molecule has 0 saturated heterocycles. The van der Waals surface area contributed by atoms with Gasteiger partial charge < -0.3 is 10.0 Å². The first-order valence-corrected chi connectivity index (χ1v) is 6.91. The number of phenols is 1. The van der Waals surface area contributed by atoms with E-state index in [9.17, 15) is 9.90 Å². The molecule has 1 heterocycles. The Morgan fingerprint density at radius 2 is 1.86 bits per heavy atom. The van der Waals surface area contributed by atoms with Crippen LogP contribution in [0.2, 0.25) is 0 Å². The molecule has 0 aliphatic heterocycles. The van der Waals surface area contributed by atoms with Crippen molar-refractivity contribution in [2.75, 3.05) is 7.05 Å². The standard InChI is InChI=1S/C17H20N2O2/c1-11-9-10-14(12(2)18-11)17(21)19(4)13(3)15-7-5-6-8-16(15)20/h5-10,13,20H,1-4H3. The summed E-state index contributed by atoms with van der Waals surface area (Å²) in [6.45, 7) is 5.62. The normalized spacial score (nSPS) is 12.0. The average molecular weight is 284 g/mol. The molecule has 21 heavy (non-hydrogen) atoms. The Hall–Kier alpha value is -2.36. The van der Waals surface area contributed by atoms with Crippen LogP contribution in [0.3, 0.4) is 0 Å². The number of carbonyl (C=O) groups excluding carboxylic acids is 1. The highest BCUT2D eigenvalue weighted by Crippen LogP contribution is 2.28. The van der Waals surface area contributed by atoms with Gasteiger partial charge in [0, 0.05) is 18.3 Å². The molecule has 110 valence electrons. The summed E-state index contributed by atoms with van der Waals surface area (Å²) in [4.78, 5) is 18.6. The summed E-state index contributed by atoms with van der Waals surface area (Å²) in [5, 5.41) is 9.92. The molecule has 0 fully saturated rings. The maximum absolute atomic E-state index is 12.6. The highest BCUT2D eigenvalue weighted by atomic mass is 16.3. The van der Waals surface area contributed by atoms with Crippen LogP contribution in [0.25, 0.3) is 0 Å². The summed E-state index contributed by atoms with van der Waals surface area (Å²) in [5.41, 5.74) is 2.92. The SMILES string of the molecule is Cc1ccc(C(=O)N(C)C(C)c2ccccc2O)c(C)n1. The van der Waals surface area contributed by atoms with Gasteiger partial charge in [0.25, 0.3) is 5.91 Å². The van der Waals surface area contributed by atoms with E-state index in [1.54, 1.807) is 30.1 Å². The quantitative estimate of drug-likeness (QED) is 0.941. The summed E-state index contributed by atoms with van der Waals surface area (Å²) < 4.78 is 0. The Morgan fingerprint density at radius 3 is 2.48 bits per heavy atom. The summed E-state index contributed by atoms with van der Waals surface area (Å²) in [7, 11) is 1.73. The van der Waals surface area contributed by atoms with Gasteiger partial charge in [0.1, 0.15) is 5.75 Å². The molecule has 2 rings (SSSR count). The monoisotopic (exact) mass is 284 g/mol. The molecule has 4 heteroatoms. The van der Waals surface area contributed by atoms with Gasteiger partial charge in [-0.25, -0.2) is 0 Å². The second-order valence-corrected chi connectivity index (χ2v) is 5.24. The molecule has 2 aromatic rings. The summed E-state index contributed by atoms with van der Waals surface area (Å²) in [6.07, 6.45) is 0. The number of hydrogen-bond donors (Lipinski definition) is 1. The van der Waals surface area contributed by atoms with E-state index in [2.05, 4.69) is 4.98 Å². The number of aromatic hydroxyl groups is 1. The molecule has 0 spiro atoms. The minimum atomic E-state index is -0.223. The van der Waals surface area contributed by atoms with E-state index in [-0.39, 0.29) is 17.7 Å². The van der Waals surface area contributed by atoms with Gasteiger partial charge in [-0.3, -0.25) is 9.78 Å². The molecule has 1 amide bonds. The molecule has 1 aromatic carbocycles. The van der Waals surface area contributed by atoms with Gasteiger partial charge in [-0.15, -0.1) is 0 Å². The highest BCUT2D eigenvalue weighted by molar-refractivity contribution is 5.95. The Morgan fingerprint density at radius 1 is 1.19 bits per heavy atom. The number of carbonyl (C=O) groups is 1. The smallest absolute Gasteiger partial charge is 0.255 e. The number of nitrogens with zero attached hydrogens (tertiary/aromatic N) is 2. The van der Waals surface area contributed by atoms with Crippen LogP contribution in [0.4, 0.5) is 0 Å². The number of aromatic nitrogens is 1. The molecule has 1 unspecified atom stereocenters. The minimum absolute atomic E-state index is 0.101. The van der Waals surface area contributed by atoms with Crippen molar-refractivity contribution in [1.29, 1.82) is 0 Å². The zero-order chi connectivity index (χ0) is 15.6. The maximum atomic E-state index is 12.6. The van der Waals surface area contributed by atoms with Crippen LogP contribution in [0, 0.1) is 13.8 Å². The predicted octanol–water partition coefficient (Wildman–Crippen LogP) is 3.24. The first kappa shape index (κ1) is 15.0. The third-order valence-electron chi connectivity index (χ3n) is 3.74. The number of amides is 1. The van der Waals surface area contributed by atoms with Crippen LogP contribution in [0.5, 0.6) is 5.75 Å². The molecule has 0 aliphatic rings. The first-order valence-electron chi connectivity index (χ1n) is 6.91. The molecular weight excluding hydrogens is 264 g/mol. The van der Waals surface area contributed by atoms with Crippen LogP contribution in [0.15, 0.2) is 36.4 Å². The number of pyridine rings is 1. The van der Waals surface area contributed by atoms with Gasteiger partial charge in [-0.05, 0) is 39.0 Å². The van der Waals surface area contributed by atoms with Crippen molar-refractivity contribution in [3.63, 3.8) is 0 Å². The van der Waals surface area contributed by atoms with Gasteiger partial charge in [-0.1, -0.05) is 18.2 Å². The van der Waals surface area contributed by atoms with Crippen molar-refractivity contribution < 1.29 is 9.90 Å². The number of phenolic OH excluding ortho intramolecular Hbond substituents is 1. The predicted molar refractivity (Wildman–Crippen MR) is 82.3 cm³/mol. The molecule has 0 saturated carbocycles. The number of aryl methyl sites for hydroxylation is 2. The molecule has 1 aromatic heterocycles. The van der Waals surface area contributed by atoms with E-state index in [4.69, 9.17) is 0 Å².